The summed E-state index contributed by atoms with van der Waals surface area (Å²) in [7, 11) is 0. The molecule has 0 unspecified atom stereocenters. The molecule has 7 nitrogen and oxygen atoms in total. The minimum Gasteiger partial charge on any atom is -0.379 e. The van der Waals surface area contributed by atoms with Crippen molar-refractivity contribution >= 4 is 28.3 Å². The number of aromatic nitrogens is 1. The van der Waals surface area contributed by atoms with Crippen LogP contribution in [0.4, 0.5) is 5.13 Å². The maximum Gasteiger partial charge on any atom is 0.245 e. The fraction of sp³-hybridized carbons (Fsp3) is 0.688. The summed E-state index contributed by atoms with van der Waals surface area (Å²) in [6.45, 7) is 4.71. The van der Waals surface area contributed by atoms with Crippen LogP contribution in [0.1, 0.15) is 19.3 Å². The van der Waals surface area contributed by atoms with E-state index >= 15 is 0 Å². The molecular weight excluding hydrogens is 328 g/mol. The van der Waals surface area contributed by atoms with Gasteiger partial charge in [0.1, 0.15) is 0 Å². The summed E-state index contributed by atoms with van der Waals surface area (Å²) >= 11 is 1.38. The Hall–Kier alpha value is -1.51. The lowest BCUT2D eigenvalue weighted by Gasteiger charge is -2.33. The van der Waals surface area contributed by atoms with Gasteiger partial charge in [0.2, 0.25) is 11.8 Å². The lowest BCUT2D eigenvalue weighted by Crippen LogP contribution is -2.48. The highest BCUT2D eigenvalue weighted by Crippen LogP contribution is 2.28. The van der Waals surface area contributed by atoms with Crippen LogP contribution in [0.3, 0.4) is 0 Å². The number of amides is 2. The number of hydrogen-bond donors (Lipinski definition) is 1. The van der Waals surface area contributed by atoms with Crippen LogP contribution in [-0.2, 0) is 14.3 Å². The lowest BCUT2D eigenvalue weighted by atomic mass is 9.84. The molecule has 8 heteroatoms. The summed E-state index contributed by atoms with van der Waals surface area (Å²) < 4.78 is 5.35. The summed E-state index contributed by atoms with van der Waals surface area (Å²) in [4.78, 5) is 32.9. The number of anilines is 1. The molecule has 1 aliphatic carbocycles. The van der Waals surface area contributed by atoms with Crippen molar-refractivity contribution < 1.29 is 14.3 Å². The average Bonchev–Trinajstić information content (AvgIpc) is 3.03. The molecule has 1 N–H and O–H groups in total. The zero-order valence-corrected chi connectivity index (χ0v) is 14.6. The van der Waals surface area contributed by atoms with E-state index in [9.17, 15) is 9.59 Å². The standard InChI is InChI=1S/C16H24N4O3S/c21-14(18-16-17-4-11-24-16)12-20(15(22)13-2-1-3-13)6-5-19-7-9-23-10-8-19/h4,11,13H,1-3,5-10,12H2,(H,17,18,21). The minimum atomic E-state index is -0.181. The van der Waals surface area contributed by atoms with Crippen LogP contribution in [0.2, 0.25) is 0 Å². The van der Waals surface area contributed by atoms with Crippen molar-refractivity contribution in [2.45, 2.75) is 19.3 Å². The van der Waals surface area contributed by atoms with E-state index in [0.717, 1.165) is 52.1 Å². The average molecular weight is 352 g/mol. The Morgan fingerprint density at radius 1 is 1.38 bits per heavy atom. The van der Waals surface area contributed by atoms with Gasteiger partial charge >= 0.3 is 0 Å². The molecule has 2 fully saturated rings. The molecule has 2 aliphatic rings. The maximum atomic E-state index is 12.6. The molecule has 132 valence electrons. The van der Waals surface area contributed by atoms with Crippen molar-refractivity contribution in [1.82, 2.24) is 14.8 Å². The first-order valence-corrected chi connectivity index (χ1v) is 9.38. The second kappa shape index (κ2) is 8.55. The molecule has 0 radical (unpaired) electrons. The SMILES string of the molecule is O=C(CN(CCN1CCOCC1)C(=O)C1CCC1)Nc1nccs1. The number of ether oxygens (including phenoxy) is 1. The molecule has 0 atom stereocenters. The van der Waals surface area contributed by atoms with E-state index in [1.165, 1.54) is 11.3 Å². The number of carbonyl (C=O) groups excluding carboxylic acids is 2. The molecule has 1 aliphatic heterocycles. The van der Waals surface area contributed by atoms with Gasteiger partial charge in [-0.3, -0.25) is 14.5 Å². The quantitative estimate of drug-likeness (QED) is 0.794. The maximum absolute atomic E-state index is 12.6. The number of hydrogen-bond acceptors (Lipinski definition) is 6. The van der Waals surface area contributed by atoms with E-state index in [2.05, 4.69) is 15.2 Å². The van der Waals surface area contributed by atoms with Gasteiger partial charge in [0, 0.05) is 43.7 Å². The summed E-state index contributed by atoms with van der Waals surface area (Å²) in [5.41, 5.74) is 0. The van der Waals surface area contributed by atoms with Crippen molar-refractivity contribution in [1.29, 1.82) is 0 Å². The Balaban J connectivity index is 1.53. The predicted octanol–water partition coefficient (Wildman–Crippen LogP) is 1.04. The smallest absolute Gasteiger partial charge is 0.245 e. The van der Waals surface area contributed by atoms with E-state index in [1.807, 2.05) is 5.38 Å². The van der Waals surface area contributed by atoms with Gasteiger partial charge in [0.05, 0.1) is 19.8 Å². The molecule has 2 heterocycles. The second-order valence-corrected chi connectivity index (χ2v) is 7.12. The Bertz CT molecular complexity index is 542. The number of thiazole rings is 1. The Morgan fingerprint density at radius 2 is 2.17 bits per heavy atom. The van der Waals surface area contributed by atoms with E-state index in [4.69, 9.17) is 4.74 Å². The third-order valence-electron chi connectivity index (χ3n) is 4.57. The van der Waals surface area contributed by atoms with Gasteiger partial charge in [-0.25, -0.2) is 4.98 Å². The van der Waals surface area contributed by atoms with Crippen LogP contribution in [0, 0.1) is 5.92 Å². The highest BCUT2D eigenvalue weighted by molar-refractivity contribution is 7.13. The first-order valence-electron chi connectivity index (χ1n) is 8.50. The second-order valence-electron chi connectivity index (χ2n) is 6.23. The molecular formula is C16H24N4O3S. The monoisotopic (exact) mass is 352 g/mol. The van der Waals surface area contributed by atoms with Crippen molar-refractivity contribution in [3.05, 3.63) is 11.6 Å². The van der Waals surface area contributed by atoms with Gasteiger partial charge in [-0.1, -0.05) is 6.42 Å². The Kier molecular flexibility index (Phi) is 6.17. The zero-order valence-electron chi connectivity index (χ0n) is 13.8. The van der Waals surface area contributed by atoms with E-state index in [0.29, 0.717) is 11.7 Å². The first kappa shape index (κ1) is 17.3. The number of rotatable bonds is 7. The Morgan fingerprint density at radius 3 is 2.79 bits per heavy atom. The number of nitrogens with zero attached hydrogens (tertiary/aromatic N) is 3. The van der Waals surface area contributed by atoms with Crippen molar-refractivity contribution in [3.63, 3.8) is 0 Å². The first-order chi connectivity index (χ1) is 11.7. The minimum absolute atomic E-state index is 0.0965. The molecule has 1 saturated heterocycles. The van der Waals surface area contributed by atoms with Gasteiger partial charge in [-0.15, -0.1) is 11.3 Å². The molecule has 0 spiro atoms. The van der Waals surface area contributed by atoms with Crippen LogP contribution >= 0.6 is 11.3 Å². The normalized spacial score (nSPS) is 18.8. The molecule has 1 aromatic rings. The summed E-state index contributed by atoms with van der Waals surface area (Å²) in [6.07, 6.45) is 4.65. The third kappa shape index (κ3) is 4.75. The molecule has 0 aromatic carbocycles. The molecule has 24 heavy (non-hydrogen) atoms. The highest BCUT2D eigenvalue weighted by atomic mass is 32.1. The molecule has 3 rings (SSSR count). The van der Waals surface area contributed by atoms with Crippen LogP contribution in [0.15, 0.2) is 11.6 Å². The van der Waals surface area contributed by atoms with Crippen LogP contribution < -0.4 is 5.32 Å². The fourth-order valence-corrected chi connectivity index (χ4v) is 3.43. The van der Waals surface area contributed by atoms with Gasteiger partial charge in [0.15, 0.2) is 5.13 Å². The summed E-state index contributed by atoms with van der Waals surface area (Å²) in [5, 5.41) is 5.15. The van der Waals surface area contributed by atoms with Crippen molar-refractivity contribution in [2.75, 3.05) is 51.3 Å². The van der Waals surface area contributed by atoms with E-state index in [-0.39, 0.29) is 24.3 Å². The highest BCUT2D eigenvalue weighted by Gasteiger charge is 2.30. The van der Waals surface area contributed by atoms with Gasteiger partial charge in [0.25, 0.3) is 0 Å². The number of nitrogens with one attached hydrogen (secondary N) is 1. The fourth-order valence-electron chi connectivity index (χ4n) is 2.88. The van der Waals surface area contributed by atoms with Crippen molar-refractivity contribution in [2.24, 2.45) is 5.92 Å². The topological polar surface area (TPSA) is 74.8 Å². The summed E-state index contributed by atoms with van der Waals surface area (Å²) in [6, 6.07) is 0. The molecule has 1 saturated carbocycles. The van der Waals surface area contributed by atoms with Crippen molar-refractivity contribution in [3.8, 4) is 0 Å². The van der Waals surface area contributed by atoms with Crippen LogP contribution in [0.5, 0.6) is 0 Å². The Labute approximate surface area is 146 Å². The molecule has 2 amide bonds. The molecule has 0 bridgehead atoms. The van der Waals surface area contributed by atoms with Gasteiger partial charge < -0.3 is 15.0 Å². The number of carbonyl (C=O) groups is 2. The van der Waals surface area contributed by atoms with Gasteiger partial charge in [-0.2, -0.15) is 0 Å². The molecule has 1 aromatic heterocycles. The van der Waals surface area contributed by atoms with E-state index < -0.39 is 0 Å². The predicted molar refractivity (Wildman–Crippen MR) is 91.9 cm³/mol. The lowest BCUT2D eigenvalue weighted by molar-refractivity contribution is -0.141. The number of morpholine rings is 1. The van der Waals surface area contributed by atoms with Crippen LogP contribution in [-0.4, -0.2) is 72.5 Å². The summed E-state index contributed by atoms with van der Waals surface area (Å²) in [5.74, 6) is 0.0331. The zero-order chi connectivity index (χ0) is 16.8. The largest absolute Gasteiger partial charge is 0.379 e. The third-order valence-corrected chi connectivity index (χ3v) is 5.26. The van der Waals surface area contributed by atoms with Gasteiger partial charge in [-0.05, 0) is 12.8 Å². The van der Waals surface area contributed by atoms with E-state index in [1.54, 1.807) is 11.1 Å². The van der Waals surface area contributed by atoms with Crippen LogP contribution in [0.25, 0.3) is 0 Å².